The summed E-state index contributed by atoms with van der Waals surface area (Å²) in [5.74, 6) is 1.14. The molecule has 3 N–H and O–H groups in total. The van der Waals surface area contributed by atoms with Crippen molar-refractivity contribution in [2.75, 3.05) is 19.1 Å². The lowest BCUT2D eigenvalue weighted by atomic mass is 9.78. The molecular formula is C29H33F2N11O2. The van der Waals surface area contributed by atoms with Crippen LogP contribution in [0.4, 0.5) is 20.4 Å². The zero-order chi connectivity index (χ0) is 30.8. The molecule has 0 aliphatic heterocycles. The molecule has 1 amide bonds. The van der Waals surface area contributed by atoms with Crippen molar-refractivity contribution < 1.29 is 18.3 Å². The minimum absolute atomic E-state index is 0.0761. The number of aromatic nitrogens is 9. The molecule has 0 spiro atoms. The van der Waals surface area contributed by atoms with E-state index in [1.807, 2.05) is 26.0 Å². The Morgan fingerprint density at radius 2 is 2.07 bits per heavy atom. The molecule has 0 aromatic carbocycles. The predicted octanol–water partition coefficient (Wildman–Crippen LogP) is 4.07. The van der Waals surface area contributed by atoms with Crippen LogP contribution in [0, 0.1) is 18.7 Å². The highest BCUT2D eigenvalue weighted by molar-refractivity contribution is 5.88. The number of amides is 1. The minimum Gasteiger partial charge on any atom is -0.381 e. The molecular weight excluding hydrogens is 572 g/mol. The molecule has 15 heteroatoms. The Morgan fingerprint density at radius 1 is 1.20 bits per heavy atom. The van der Waals surface area contributed by atoms with Gasteiger partial charge in [-0.1, -0.05) is 6.07 Å². The van der Waals surface area contributed by atoms with Crippen molar-refractivity contribution in [3.05, 3.63) is 65.9 Å². The van der Waals surface area contributed by atoms with Gasteiger partial charge < -0.3 is 15.4 Å². The SMILES string of the molecule is CO[C@H]1C[C@@H](c2nc(Nc3cc(C)[nH]n3)c3cnn(CCF)c3n2)CC[C@@H]1C(=O)N[C@@H](C)c1ccc(-n2cc(F)cn2)nc1. The molecule has 13 nitrogen and oxygen atoms in total. The molecule has 5 aromatic heterocycles. The zero-order valence-electron chi connectivity index (χ0n) is 24.5. The van der Waals surface area contributed by atoms with Crippen molar-refractivity contribution >= 4 is 28.6 Å². The molecule has 0 radical (unpaired) electrons. The van der Waals surface area contributed by atoms with Crippen LogP contribution < -0.4 is 10.6 Å². The van der Waals surface area contributed by atoms with Crippen molar-refractivity contribution in [2.45, 2.75) is 57.7 Å². The number of aryl methyl sites for hydroxylation is 2. The van der Waals surface area contributed by atoms with Gasteiger partial charge in [-0.3, -0.25) is 9.89 Å². The van der Waals surface area contributed by atoms with Gasteiger partial charge in [-0.25, -0.2) is 33.1 Å². The molecule has 1 aliphatic rings. The van der Waals surface area contributed by atoms with Gasteiger partial charge in [0, 0.05) is 31.0 Å². The number of pyridine rings is 1. The summed E-state index contributed by atoms with van der Waals surface area (Å²) < 4.78 is 35.3. The number of hydrogen-bond acceptors (Lipinski definition) is 9. The second kappa shape index (κ2) is 12.4. The highest BCUT2D eigenvalue weighted by atomic mass is 19.1. The number of anilines is 2. The molecule has 4 atom stereocenters. The summed E-state index contributed by atoms with van der Waals surface area (Å²) in [6, 6.07) is 5.10. The Bertz CT molecular complexity index is 1750. The molecule has 5 heterocycles. The molecule has 1 aliphatic carbocycles. The second-order valence-corrected chi connectivity index (χ2v) is 11.0. The smallest absolute Gasteiger partial charge is 0.226 e. The first kappa shape index (κ1) is 29.3. The molecule has 44 heavy (non-hydrogen) atoms. The molecule has 0 saturated heterocycles. The van der Waals surface area contributed by atoms with Crippen LogP contribution in [-0.4, -0.2) is 70.5 Å². The van der Waals surface area contributed by atoms with E-state index < -0.39 is 12.5 Å². The van der Waals surface area contributed by atoms with Crippen LogP contribution >= 0.6 is 0 Å². The topological polar surface area (TPSA) is 153 Å². The number of nitrogens with zero attached hydrogens (tertiary/aromatic N) is 8. The first-order chi connectivity index (χ1) is 21.3. The number of rotatable bonds is 10. The van der Waals surface area contributed by atoms with Crippen molar-refractivity contribution in [1.82, 2.24) is 50.0 Å². The third-order valence-electron chi connectivity index (χ3n) is 7.97. The number of carbonyl (C=O) groups excluding carboxylic acids is 1. The van der Waals surface area contributed by atoms with Crippen molar-refractivity contribution in [3.63, 3.8) is 0 Å². The van der Waals surface area contributed by atoms with Gasteiger partial charge in [0.05, 0.1) is 48.6 Å². The summed E-state index contributed by atoms with van der Waals surface area (Å²) in [7, 11) is 1.60. The van der Waals surface area contributed by atoms with E-state index in [9.17, 15) is 13.6 Å². The maximum Gasteiger partial charge on any atom is 0.226 e. The van der Waals surface area contributed by atoms with Gasteiger partial charge in [0.25, 0.3) is 0 Å². The zero-order valence-corrected chi connectivity index (χ0v) is 24.5. The Labute approximate surface area is 251 Å². The van der Waals surface area contributed by atoms with E-state index in [1.54, 1.807) is 25.6 Å². The quantitative estimate of drug-likeness (QED) is 0.214. The molecule has 6 rings (SSSR count). The largest absolute Gasteiger partial charge is 0.381 e. The van der Waals surface area contributed by atoms with Crippen LogP contribution in [0.1, 0.15) is 55.2 Å². The monoisotopic (exact) mass is 605 g/mol. The Morgan fingerprint density at radius 3 is 2.75 bits per heavy atom. The molecule has 5 aromatic rings. The second-order valence-electron chi connectivity index (χ2n) is 11.0. The molecule has 1 fully saturated rings. The third-order valence-corrected chi connectivity index (χ3v) is 7.97. The van der Waals surface area contributed by atoms with E-state index >= 15 is 0 Å². The van der Waals surface area contributed by atoms with Crippen LogP contribution in [0.3, 0.4) is 0 Å². The first-order valence-electron chi connectivity index (χ1n) is 14.4. The Kier molecular flexibility index (Phi) is 8.28. The van der Waals surface area contributed by atoms with E-state index in [1.165, 1.54) is 15.6 Å². The van der Waals surface area contributed by atoms with Crippen LogP contribution in [0.2, 0.25) is 0 Å². The maximum atomic E-state index is 13.4. The minimum atomic E-state index is -0.577. The fourth-order valence-corrected chi connectivity index (χ4v) is 5.64. The standard InChI is InChI=1S/C29H33F2N11O2/c1-16-10-24(40-39-16)36-27-22-14-34-41(9-8-30)28(22)38-26(37-27)18-4-6-21(23(11-18)44-3)29(43)35-17(2)19-5-7-25(32-12-19)42-15-20(31)13-33-42/h5,7,10,12-15,17-18,21,23H,4,6,8-9,11H2,1-3H3,(H,35,43)(H2,36,37,38,39,40)/t17-,18-,21-,23-/m0/s1. The number of hydrogen-bond donors (Lipinski definition) is 3. The summed E-state index contributed by atoms with van der Waals surface area (Å²) in [5.41, 5.74) is 2.22. The van der Waals surface area contributed by atoms with Crippen LogP contribution in [0.25, 0.3) is 16.9 Å². The summed E-state index contributed by atoms with van der Waals surface area (Å²) in [6.07, 6.45) is 7.01. The third kappa shape index (κ3) is 6.00. The lowest BCUT2D eigenvalue weighted by Gasteiger charge is -2.34. The van der Waals surface area contributed by atoms with Gasteiger partial charge in [-0.05, 0) is 44.7 Å². The highest BCUT2D eigenvalue weighted by Gasteiger charge is 2.37. The number of ether oxygens (including phenoxy) is 1. The average Bonchev–Trinajstić information content (AvgIpc) is 3.77. The van der Waals surface area contributed by atoms with Gasteiger partial charge in [0.15, 0.2) is 23.1 Å². The number of alkyl halides is 1. The van der Waals surface area contributed by atoms with E-state index in [4.69, 9.17) is 14.7 Å². The normalized spacial score (nSPS) is 19.2. The van der Waals surface area contributed by atoms with Crippen molar-refractivity contribution in [1.29, 1.82) is 0 Å². The molecule has 1 saturated carbocycles. The summed E-state index contributed by atoms with van der Waals surface area (Å²) in [5, 5.41) is 22.4. The Balaban J connectivity index is 1.17. The van der Waals surface area contributed by atoms with Gasteiger partial charge in [0.2, 0.25) is 5.91 Å². The van der Waals surface area contributed by atoms with Crippen LogP contribution in [-0.2, 0) is 16.1 Å². The van der Waals surface area contributed by atoms with E-state index in [0.717, 1.165) is 17.5 Å². The number of fused-ring (bicyclic) bond motifs is 1. The van der Waals surface area contributed by atoms with Gasteiger partial charge >= 0.3 is 0 Å². The van der Waals surface area contributed by atoms with Gasteiger partial charge in [-0.2, -0.15) is 15.3 Å². The molecule has 0 unspecified atom stereocenters. The first-order valence-corrected chi connectivity index (χ1v) is 14.4. The molecule has 230 valence electrons. The summed E-state index contributed by atoms with van der Waals surface area (Å²) in [6.45, 7) is 3.28. The van der Waals surface area contributed by atoms with Gasteiger partial charge in [0.1, 0.15) is 18.3 Å². The number of nitrogens with one attached hydrogen (secondary N) is 3. The number of methoxy groups -OCH3 is 1. The van der Waals surface area contributed by atoms with E-state index in [0.29, 0.717) is 53.6 Å². The Hall–Kier alpha value is -4.79. The fraction of sp³-hybridized carbons (Fsp3) is 0.414. The fourth-order valence-electron chi connectivity index (χ4n) is 5.64. The molecule has 0 bridgehead atoms. The number of H-pyrrole nitrogens is 1. The lowest BCUT2D eigenvalue weighted by Crippen LogP contribution is -2.42. The summed E-state index contributed by atoms with van der Waals surface area (Å²) >= 11 is 0. The predicted molar refractivity (Wildman–Crippen MR) is 157 cm³/mol. The van der Waals surface area contributed by atoms with Crippen LogP contribution in [0.15, 0.2) is 43.0 Å². The van der Waals surface area contributed by atoms with E-state index in [-0.39, 0.29) is 36.4 Å². The lowest BCUT2D eigenvalue weighted by molar-refractivity contribution is -0.132. The van der Waals surface area contributed by atoms with Gasteiger partial charge in [-0.15, -0.1) is 0 Å². The number of carbonyl (C=O) groups is 1. The average molecular weight is 606 g/mol. The summed E-state index contributed by atoms with van der Waals surface area (Å²) in [4.78, 5) is 27.4. The van der Waals surface area contributed by atoms with Crippen molar-refractivity contribution in [2.24, 2.45) is 5.92 Å². The number of aromatic amines is 1. The van der Waals surface area contributed by atoms with Crippen LogP contribution in [0.5, 0.6) is 0 Å². The van der Waals surface area contributed by atoms with Crippen molar-refractivity contribution in [3.8, 4) is 5.82 Å². The van der Waals surface area contributed by atoms with E-state index in [2.05, 4.69) is 36.0 Å². The highest BCUT2D eigenvalue weighted by Crippen LogP contribution is 2.38. The number of halogens is 2. The maximum absolute atomic E-state index is 13.4.